The summed E-state index contributed by atoms with van der Waals surface area (Å²) in [5, 5.41) is 5.61. The average molecular weight is 363 g/mol. The van der Waals surface area contributed by atoms with E-state index in [2.05, 4.69) is 10.6 Å². The van der Waals surface area contributed by atoms with Crippen LogP contribution in [0.15, 0.2) is 48.5 Å². The van der Waals surface area contributed by atoms with Gasteiger partial charge in [-0.15, -0.1) is 0 Å². The molecule has 2 amide bonds. The summed E-state index contributed by atoms with van der Waals surface area (Å²) in [6, 6.07) is 14.7. The molecule has 7 heteroatoms. The number of rotatable bonds is 7. The summed E-state index contributed by atoms with van der Waals surface area (Å²) in [4.78, 5) is 22.3. The molecule has 0 atom stereocenters. The monoisotopic (exact) mass is 362 g/mol. The van der Waals surface area contributed by atoms with Crippen LogP contribution in [-0.2, 0) is 16.0 Å². The fourth-order valence-corrected chi connectivity index (χ4v) is 2.05. The van der Waals surface area contributed by atoms with E-state index in [1.54, 1.807) is 24.3 Å². The first-order valence-electron chi connectivity index (χ1n) is 7.70. The van der Waals surface area contributed by atoms with Crippen LogP contribution in [0.1, 0.15) is 5.56 Å². The highest BCUT2D eigenvalue weighted by molar-refractivity contribution is 6.30. The van der Waals surface area contributed by atoms with Crippen molar-refractivity contribution in [3.05, 3.63) is 59.1 Å². The van der Waals surface area contributed by atoms with E-state index in [1.165, 1.54) is 7.05 Å². The van der Waals surface area contributed by atoms with E-state index < -0.39 is 6.09 Å². The summed E-state index contributed by atoms with van der Waals surface area (Å²) in [5.41, 5.74) is 1.04. The van der Waals surface area contributed by atoms with E-state index in [1.807, 2.05) is 24.3 Å². The van der Waals surface area contributed by atoms with Gasteiger partial charge in [0.05, 0.1) is 0 Å². The molecule has 0 radical (unpaired) electrons. The molecule has 0 unspecified atom stereocenters. The minimum absolute atomic E-state index is 0.293. The third-order valence-corrected chi connectivity index (χ3v) is 3.52. The largest absolute Gasteiger partial charge is 0.457 e. The Balaban J connectivity index is 1.74. The third kappa shape index (κ3) is 6.73. The van der Waals surface area contributed by atoms with Gasteiger partial charge < -0.3 is 20.1 Å². The number of halogens is 1. The van der Waals surface area contributed by atoms with Gasteiger partial charge in [0, 0.05) is 18.6 Å². The van der Waals surface area contributed by atoms with Crippen molar-refractivity contribution >= 4 is 23.6 Å². The molecule has 25 heavy (non-hydrogen) atoms. The molecule has 0 spiro atoms. The van der Waals surface area contributed by atoms with Gasteiger partial charge in [0.1, 0.15) is 11.5 Å². The number of nitrogens with one attached hydrogen (secondary N) is 2. The van der Waals surface area contributed by atoms with Crippen molar-refractivity contribution in [2.75, 3.05) is 20.2 Å². The van der Waals surface area contributed by atoms with Crippen molar-refractivity contribution < 1.29 is 19.1 Å². The lowest BCUT2D eigenvalue weighted by atomic mass is 10.1. The molecule has 2 aromatic rings. The van der Waals surface area contributed by atoms with Crippen molar-refractivity contribution in [2.45, 2.75) is 6.42 Å². The van der Waals surface area contributed by atoms with E-state index in [-0.39, 0.29) is 12.5 Å². The normalized spacial score (nSPS) is 10.0. The van der Waals surface area contributed by atoms with Crippen molar-refractivity contribution in [2.24, 2.45) is 0 Å². The smallest absolute Gasteiger partial charge is 0.407 e. The van der Waals surface area contributed by atoms with Crippen molar-refractivity contribution in [1.82, 2.24) is 10.6 Å². The van der Waals surface area contributed by atoms with Crippen LogP contribution >= 0.6 is 11.6 Å². The van der Waals surface area contributed by atoms with Gasteiger partial charge in [0.15, 0.2) is 6.61 Å². The topological polar surface area (TPSA) is 76.7 Å². The predicted molar refractivity (Wildman–Crippen MR) is 95.1 cm³/mol. The number of amides is 2. The molecular weight excluding hydrogens is 344 g/mol. The zero-order chi connectivity index (χ0) is 18.1. The Bertz CT molecular complexity index is 702. The minimum atomic E-state index is -0.619. The average Bonchev–Trinajstić information content (AvgIpc) is 2.63. The lowest BCUT2D eigenvalue weighted by Gasteiger charge is -2.08. The molecule has 0 aliphatic carbocycles. The van der Waals surface area contributed by atoms with Gasteiger partial charge in [-0.1, -0.05) is 23.7 Å². The quantitative estimate of drug-likeness (QED) is 0.793. The zero-order valence-corrected chi connectivity index (χ0v) is 14.5. The molecule has 2 N–H and O–H groups in total. The third-order valence-electron chi connectivity index (χ3n) is 3.27. The molecule has 0 aliphatic heterocycles. The molecule has 0 fully saturated rings. The highest BCUT2D eigenvalue weighted by atomic mass is 35.5. The Kier molecular flexibility index (Phi) is 7.10. The minimum Gasteiger partial charge on any atom is -0.457 e. The van der Waals surface area contributed by atoms with Crippen LogP contribution < -0.4 is 15.4 Å². The van der Waals surface area contributed by atoms with Crippen LogP contribution in [0.2, 0.25) is 5.02 Å². The van der Waals surface area contributed by atoms with Gasteiger partial charge in [-0.05, 0) is 48.4 Å². The van der Waals surface area contributed by atoms with Gasteiger partial charge in [0.2, 0.25) is 0 Å². The van der Waals surface area contributed by atoms with Gasteiger partial charge >= 0.3 is 6.09 Å². The van der Waals surface area contributed by atoms with Crippen LogP contribution in [-0.4, -0.2) is 32.2 Å². The van der Waals surface area contributed by atoms with E-state index in [4.69, 9.17) is 21.1 Å². The van der Waals surface area contributed by atoms with Gasteiger partial charge in [-0.2, -0.15) is 0 Å². The first-order chi connectivity index (χ1) is 12.1. The second kappa shape index (κ2) is 9.54. The second-order valence-electron chi connectivity index (χ2n) is 5.13. The van der Waals surface area contributed by atoms with Crippen molar-refractivity contribution in [3.63, 3.8) is 0 Å². The number of ether oxygens (including phenoxy) is 2. The van der Waals surface area contributed by atoms with E-state index in [0.717, 1.165) is 5.56 Å². The fourth-order valence-electron chi connectivity index (χ4n) is 1.93. The summed E-state index contributed by atoms with van der Waals surface area (Å²) < 4.78 is 10.4. The molecular formula is C18H19ClN2O4. The maximum Gasteiger partial charge on any atom is 0.407 e. The Hall–Kier alpha value is -2.73. The molecule has 0 saturated carbocycles. The number of likely N-dealkylation sites (N-methyl/N-ethyl adjacent to an activating group) is 1. The first kappa shape index (κ1) is 18.6. The van der Waals surface area contributed by atoms with E-state index in [9.17, 15) is 9.59 Å². The number of alkyl carbamates (subject to hydrolysis) is 1. The zero-order valence-electron chi connectivity index (χ0n) is 13.8. The molecule has 132 valence electrons. The Morgan fingerprint density at radius 1 is 1.00 bits per heavy atom. The van der Waals surface area contributed by atoms with Crippen LogP contribution in [0, 0.1) is 0 Å². The second-order valence-corrected chi connectivity index (χ2v) is 5.56. The number of carbonyl (C=O) groups is 2. The molecule has 0 bridgehead atoms. The number of benzene rings is 2. The summed E-state index contributed by atoms with van der Waals surface area (Å²) >= 11 is 5.83. The highest BCUT2D eigenvalue weighted by Gasteiger charge is 2.05. The summed E-state index contributed by atoms with van der Waals surface area (Å²) in [7, 11) is 1.48. The molecule has 6 nitrogen and oxygen atoms in total. The van der Waals surface area contributed by atoms with Crippen LogP contribution in [0.3, 0.4) is 0 Å². The first-order valence-corrected chi connectivity index (χ1v) is 8.08. The van der Waals surface area contributed by atoms with Gasteiger partial charge in [-0.3, -0.25) is 4.79 Å². The standard InChI is InChI=1S/C18H19ClN2O4/c1-20-17(22)12-24-18(23)21-11-10-13-2-6-15(7-3-13)25-16-8-4-14(19)5-9-16/h2-9H,10-12H2,1H3,(H,20,22)(H,21,23). The Labute approximate surface area is 151 Å². The lowest BCUT2D eigenvalue weighted by Crippen LogP contribution is -2.31. The number of carbonyl (C=O) groups excluding carboxylic acids is 2. The van der Waals surface area contributed by atoms with Crippen molar-refractivity contribution in [3.8, 4) is 11.5 Å². The van der Waals surface area contributed by atoms with E-state index in [0.29, 0.717) is 29.5 Å². The number of hydrogen-bond acceptors (Lipinski definition) is 4. The fraction of sp³-hybridized carbons (Fsp3) is 0.222. The maximum atomic E-state index is 11.4. The summed E-state index contributed by atoms with van der Waals surface area (Å²) in [5.74, 6) is 1.06. The number of hydrogen-bond donors (Lipinski definition) is 2. The summed E-state index contributed by atoms with van der Waals surface area (Å²) in [6.07, 6.45) is 0.0160. The molecule has 2 aromatic carbocycles. The molecule has 0 aliphatic rings. The molecule has 2 rings (SSSR count). The van der Waals surface area contributed by atoms with Gasteiger partial charge in [0.25, 0.3) is 5.91 Å². The van der Waals surface area contributed by atoms with Crippen LogP contribution in [0.5, 0.6) is 11.5 Å². The molecule has 0 saturated heterocycles. The van der Waals surface area contributed by atoms with Gasteiger partial charge in [-0.25, -0.2) is 4.79 Å². The molecule has 0 aromatic heterocycles. The predicted octanol–water partition coefficient (Wildman–Crippen LogP) is 3.15. The van der Waals surface area contributed by atoms with Crippen molar-refractivity contribution in [1.29, 1.82) is 0 Å². The summed E-state index contributed by atoms with van der Waals surface area (Å²) in [6.45, 7) is 0.114. The van der Waals surface area contributed by atoms with Crippen LogP contribution in [0.4, 0.5) is 4.79 Å². The highest BCUT2D eigenvalue weighted by Crippen LogP contribution is 2.23. The van der Waals surface area contributed by atoms with E-state index >= 15 is 0 Å². The maximum absolute atomic E-state index is 11.4. The Morgan fingerprint density at radius 2 is 1.60 bits per heavy atom. The SMILES string of the molecule is CNC(=O)COC(=O)NCCc1ccc(Oc2ccc(Cl)cc2)cc1. The lowest BCUT2D eigenvalue weighted by molar-refractivity contribution is -0.123. The molecule has 0 heterocycles. The Morgan fingerprint density at radius 3 is 2.20 bits per heavy atom. The van der Waals surface area contributed by atoms with Crippen LogP contribution in [0.25, 0.3) is 0 Å².